The Hall–Kier alpha value is -3.45. The molecule has 30 heavy (non-hydrogen) atoms. The lowest BCUT2D eigenvalue weighted by atomic mass is 10.1. The first-order chi connectivity index (χ1) is 14.6. The Morgan fingerprint density at radius 2 is 1.73 bits per heavy atom. The number of hydrogen-bond donors (Lipinski definition) is 2. The van der Waals surface area contributed by atoms with E-state index >= 15 is 0 Å². The molecule has 2 N–H and O–H groups in total. The third kappa shape index (κ3) is 4.75. The predicted octanol–water partition coefficient (Wildman–Crippen LogP) is 4.28. The monoisotopic (exact) mass is 420 g/mol. The van der Waals surface area contributed by atoms with Crippen LogP contribution in [0.5, 0.6) is 0 Å². The van der Waals surface area contributed by atoms with Crippen LogP contribution in [-0.2, 0) is 22.4 Å². The van der Waals surface area contributed by atoms with E-state index in [2.05, 4.69) is 10.6 Å². The largest absolute Gasteiger partial charge is 0.452 e. The smallest absolute Gasteiger partial charge is 0.338 e. The SMILES string of the molecule is O=C(COC(=O)c1cccc(NC(=O)c2cccs2)c1)Nc1ccc2c(c1)CCC2. The van der Waals surface area contributed by atoms with Crippen LogP contribution in [0.2, 0.25) is 0 Å². The van der Waals surface area contributed by atoms with Gasteiger partial charge in [0.2, 0.25) is 0 Å². The van der Waals surface area contributed by atoms with Gasteiger partial charge in [-0.3, -0.25) is 9.59 Å². The average molecular weight is 420 g/mol. The van der Waals surface area contributed by atoms with Gasteiger partial charge < -0.3 is 15.4 Å². The molecule has 0 atom stereocenters. The Morgan fingerprint density at radius 1 is 0.900 bits per heavy atom. The summed E-state index contributed by atoms with van der Waals surface area (Å²) < 4.78 is 5.13. The van der Waals surface area contributed by atoms with E-state index in [1.54, 1.807) is 30.3 Å². The summed E-state index contributed by atoms with van der Waals surface area (Å²) in [7, 11) is 0. The minimum atomic E-state index is -0.633. The fourth-order valence-corrected chi connectivity index (χ4v) is 4.00. The van der Waals surface area contributed by atoms with Gasteiger partial charge >= 0.3 is 5.97 Å². The van der Waals surface area contributed by atoms with E-state index in [1.165, 1.54) is 28.5 Å². The van der Waals surface area contributed by atoms with E-state index in [9.17, 15) is 14.4 Å². The van der Waals surface area contributed by atoms with Crippen LogP contribution >= 0.6 is 11.3 Å². The van der Waals surface area contributed by atoms with E-state index in [0.29, 0.717) is 16.3 Å². The first-order valence-electron chi connectivity index (χ1n) is 9.62. The van der Waals surface area contributed by atoms with Crippen LogP contribution in [0.15, 0.2) is 60.0 Å². The zero-order chi connectivity index (χ0) is 20.9. The van der Waals surface area contributed by atoms with Gasteiger partial charge in [0.1, 0.15) is 0 Å². The van der Waals surface area contributed by atoms with Gasteiger partial charge in [0.05, 0.1) is 10.4 Å². The van der Waals surface area contributed by atoms with E-state index in [0.717, 1.165) is 19.3 Å². The summed E-state index contributed by atoms with van der Waals surface area (Å²) in [5.41, 5.74) is 4.02. The fourth-order valence-electron chi connectivity index (χ4n) is 3.39. The molecule has 1 aliphatic carbocycles. The second kappa shape index (κ2) is 8.92. The lowest BCUT2D eigenvalue weighted by Gasteiger charge is -2.09. The molecule has 2 aromatic carbocycles. The molecule has 0 unspecified atom stereocenters. The van der Waals surface area contributed by atoms with E-state index in [-0.39, 0.29) is 18.1 Å². The van der Waals surface area contributed by atoms with Gasteiger partial charge in [0, 0.05) is 11.4 Å². The number of carbonyl (C=O) groups excluding carboxylic acids is 3. The Morgan fingerprint density at radius 3 is 2.57 bits per heavy atom. The summed E-state index contributed by atoms with van der Waals surface area (Å²) in [6.07, 6.45) is 3.23. The van der Waals surface area contributed by atoms with Crippen LogP contribution in [0.25, 0.3) is 0 Å². The molecular weight excluding hydrogens is 400 g/mol. The number of fused-ring (bicyclic) bond motifs is 1. The number of nitrogens with one attached hydrogen (secondary N) is 2. The third-order valence-electron chi connectivity index (χ3n) is 4.82. The molecule has 6 nitrogen and oxygen atoms in total. The number of aryl methyl sites for hydroxylation is 2. The van der Waals surface area contributed by atoms with Gasteiger partial charge in [-0.2, -0.15) is 0 Å². The van der Waals surface area contributed by atoms with Crippen molar-refractivity contribution < 1.29 is 19.1 Å². The van der Waals surface area contributed by atoms with Crippen molar-refractivity contribution in [2.75, 3.05) is 17.2 Å². The quantitative estimate of drug-likeness (QED) is 0.583. The summed E-state index contributed by atoms with van der Waals surface area (Å²) >= 11 is 1.33. The van der Waals surface area contributed by atoms with Crippen LogP contribution in [-0.4, -0.2) is 24.4 Å². The molecule has 2 amide bonds. The van der Waals surface area contributed by atoms with Crippen molar-refractivity contribution in [2.45, 2.75) is 19.3 Å². The molecule has 0 saturated heterocycles. The van der Waals surface area contributed by atoms with Crippen molar-refractivity contribution >= 4 is 40.5 Å². The summed E-state index contributed by atoms with van der Waals surface area (Å²) in [6.45, 7) is -0.387. The zero-order valence-corrected chi connectivity index (χ0v) is 17.0. The number of anilines is 2. The van der Waals surface area contributed by atoms with Gasteiger partial charge in [-0.15, -0.1) is 11.3 Å². The van der Waals surface area contributed by atoms with Crippen molar-refractivity contribution in [3.63, 3.8) is 0 Å². The molecule has 3 aromatic rings. The number of rotatable bonds is 6. The second-order valence-electron chi connectivity index (χ2n) is 6.97. The number of ether oxygens (including phenoxy) is 1. The lowest BCUT2D eigenvalue weighted by molar-refractivity contribution is -0.119. The molecule has 0 saturated carbocycles. The van der Waals surface area contributed by atoms with Gasteiger partial charge in [-0.05, 0) is 72.2 Å². The molecule has 0 spiro atoms. The van der Waals surface area contributed by atoms with Crippen LogP contribution in [0.1, 0.15) is 37.6 Å². The minimum absolute atomic E-state index is 0.246. The van der Waals surface area contributed by atoms with Crippen LogP contribution < -0.4 is 10.6 Å². The summed E-state index contributed by atoms with van der Waals surface area (Å²) in [5.74, 6) is -1.28. The van der Waals surface area contributed by atoms with Crippen molar-refractivity contribution in [1.82, 2.24) is 0 Å². The van der Waals surface area contributed by atoms with E-state index in [4.69, 9.17) is 4.74 Å². The molecule has 152 valence electrons. The van der Waals surface area contributed by atoms with E-state index in [1.807, 2.05) is 23.6 Å². The fraction of sp³-hybridized carbons (Fsp3) is 0.174. The molecular formula is C23H20N2O4S. The maximum atomic E-state index is 12.3. The number of benzene rings is 2. The first-order valence-corrected chi connectivity index (χ1v) is 10.5. The Bertz CT molecular complexity index is 1090. The van der Waals surface area contributed by atoms with Crippen LogP contribution in [0.3, 0.4) is 0 Å². The number of amides is 2. The van der Waals surface area contributed by atoms with Crippen molar-refractivity contribution in [3.05, 3.63) is 81.5 Å². The van der Waals surface area contributed by atoms with E-state index < -0.39 is 11.9 Å². The molecule has 1 aromatic heterocycles. The van der Waals surface area contributed by atoms with Crippen LogP contribution in [0.4, 0.5) is 11.4 Å². The standard InChI is InChI=1S/C23H20N2O4S/c26-21(24-19-10-9-15-4-1-5-16(15)12-19)14-29-23(28)17-6-2-7-18(13-17)25-22(27)20-8-3-11-30-20/h2-3,6-13H,1,4-5,14H2,(H,24,26)(H,25,27). The maximum Gasteiger partial charge on any atom is 0.338 e. The predicted molar refractivity (Wildman–Crippen MR) is 116 cm³/mol. The van der Waals surface area contributed by atoms with Crippen molar-refractivity contribution in [3.8, 4) is 0 Å². The van der Waals surface area contributed by atoms with Crippen LogP contribution in [0, 0.1) is 0 Å². The highest BCUT2D eigenvalue weighted by molar-refractivity contribution is 7.12. The number of esters is 1. The summed E-state index contributed by atoms with van der Waals surface area (Å²) in [4.78, 5) is 37.2. The molecule has 1 aliphatic rings. The molecule has 0 aliphatic heterocycles. The summed E-state index contributed by atoms with van der Waals surface area (Å²) in [5, 5.41) is 7.32. The lowest BCUT2D eigenvalue weighted by Crippen LogP contribution is -2.21. The third-order valence-corrected chi connectivity index (χ3v) is 5.69. The zero-order valence-electron chi connectivity index (χ0n) is 16.1. The second-order valence-corrected chi connectivity index (χ2v) is 7.92. The Balaban J connectivity index is 1.31. The summed E-state index contributed by atoms with van der Waals surface area (Å²) in [6, 6.07) is 15.8. The highest BCUT2D eigenvalue weighted by Gasteiger charge is 2.14. The molecule has 7 heteroatoms. The Kier molecular flexibility index (Phi) is 5.90. The Labute approximate surface area is 177 Å². The highest BCUT2D eigenvalue weighted by Crippen LogP contribution is 2.24. The number of thiophene rings is 1. The first kappa shape index (κ1) is 19.8. The van der Waals surface area contributed by atoms with Gasteiger partial charge in [-0.1, -0.05) is 18.2 Å². The maximum absolute atomic E-state index is 12.3. The van der Waals surface area contributed by atoms with Crippen molar-refractivity contribution in [1.29, 1.82) is 0 Å². The minimum Gasteiger partial charge on any atom is -0.452 e. The molecule has 1 heterocycles. The number of hydrogen-bond acceptors (Lipinski definition) is 5. The van der Waals surface area contributed by atoms with Gasteiger partial charge in [-0.25, -0.2) is 4.79 Å². The number of carbonyl (C=O) groups is 3. The van der Waals surface area contributed by atoms with Gasteiger partial charge in [0.25, 0.3) is 11.8 Å². The molecule has 0 radical (unpaired) electrons. The highest BCUT2D eigenvalue weighted by atomic mass is 32.1. The topological polar surface area (TPSA) is 84.5 Å². The molecule has 0 fully saturated rings. The average Bonchev–Trinajstić information content (AvgIpc) is 3.44. The van der Waals surface area contributed by atoms with Crippen molar-refractivity contribution in [2.24, 2.45) is 0 Å². The molecule has 4 rings (SSSR count). The normalized spacial score (nSPS) is 12.1. The van der Waals surface area contributed by atoms with Gasteiger partial charge in [0.15, 0.2) is 6.61 Å². The molecule has 0 bridgehead atoms.